The van der Waals surface area contributed by atoms with Gasteiger partial charge in [-0.25, -0.2) is 17.2 Å². The topological polar surface area (TPSA) is 114 Å². The highest BCUT2D eigenvalue weighted by atomic mass is 32.2. The monoisotopic (exact) mass is 455 g/mol. The molecule has 1 saturated heterocycles. The molecule has 1 heterocycles. The smallest absolute Gasteiger partial charge is 0.276 e. The highest BCUT2D eigenvalue weighted by Crippen LogP contribution is 2.21. The summed E-state index contributed by atoms with van der Waals surface area (Å²) in [6.45, 7) is -0.00154. The second-order valence-corrected chi connectivity index (χ2v) is 8.32. The molecule has 1 aliphatic rings. The van der Waals surface area contributed by atoms with Crippen LogP contribution in [0.2, 0.25) is 0 Å². The fourth-order valence-electron chi connectivity index (χ4n) is 2.71. The van der Waals surface area contributed by atoms with Crippen molar-refractivity contribution >= 4 is 21.8 Å². The molecule has 0 spiro atoms. The van der Waals surface area contributed by atoms with E-state index in [-0.39, 0.29) is 37.6 Å². The van der Waals surface area contributed by atoms with E-state index in [1.54, 1.807) is 0 Å². The van der Waals surface area contributed by atoms with E-state index in [1.165, 1.54) is 18.2 Å². The van der Waals surface area contributed by atoms with Crippen molar-refractivity contribution in [3.05, 3.63) is 59.7 Å². The lowest BCUT2D eigenvalue weighted by Gasteiger charge is -2.26. The Hall–Kier alpha value is -3.09. The SMILES string of the molecule is O=C(COc1cccc(F)c1)NNC(=O)c1ccc(F)c(S(=O)(=O)N2CCOCC2)c1. The lowest BCUT2D eigenvalue weighted by Crippen LogP contribution is -2.44. The lowest BCUT2D eigenvalue weighted by atomic mass is 10.2. The summed E-state index contributed by atoms with van der Waals surface area (Å²) in [5.41, 5.74) is 3.97. The highest BCUT2D eigenvalue weighted by Gasteiger charge is 2.29. The average Bonchev–Trinajstić information content (AvgIpc) is 2.77. The van der Waals surface area contributed by atoms with Crippen molar-refractivity contribution in [3.8, 4) is 5.75 Å². The first-order valence-electron chi connectivity index (χ1n) is 9.12. The number of halogens is 2. The number of hydrogen-bond donors (Lipinski definition) is 2. The van der Waals surface area contributed by atoms with Crippen LogP contribution in [0.15, 0.2) is 47.4 Å². The summed E-state index contributed by atoms with van der Waals surface area (Å²) in [4.78, 5) is 23.4. The molecule has 0 atom stereocenters. The van der Waals surface area contributed by atoms with Gasteiger partial charge in [0.1, 0.15) is 22.3 Å². The normalized spacial score (nSPS) is 14.6. The van der Waals surface area contributed by atoms with Crippen LogP contribution in [-0.2, 0) is 19.6 Å². The quantitative estimate of drug-likeness (QED) is 0.624. The van der Waals surface area contributed by atoms with Crippen molar-refractivity contribution in [1.29, 1.82) is 0 Å². The largest absolute Gasteiger partial charge is 0.484 e. The Morgan fingerprint density at radius 2 is 1.81 bits per heavy atom. The zero-order chi connectivity index (χ0) is 22.4. The molecule has 0 unspecified atom stereocenters. The maximum absolute atomic E-state index is 14.2. The number of rotatable bonds is 6. The van der Waals surface area contributed by atoms with Crippen molar-refractivity contribution in [2.45, 2.75) is 4.90 Å². The van der Waals surface area contributed by atoms with Crippen LogP contribution in [0.25, 0.3) is 0 Å². The highest BCUT2D eigenvalue weighted by molar-refractivity contribution is 7.89. The molecule has 9 nitrogen and oxygen atoms in total. The van der Waals surface area contributed by atoms with Gasteiger partial charge in [-0.05, 0) is 30.3 Å². The van der Waals surface area contributed by atoms with Crippen LogP contribution in [0.5, 0.6) is 5.75 Å². The van der Waals surface area contributed by atoms with Gasteiger partial charge in [0.2, 0.25) is 10.0 Å². The molecule has 12 heteroatoms. The van der Waals surface area contributed by atoms with E-state index in [4.69, 9.17) is 9.47 Å². The molecule has 166 valence electrons. The van der Waals surface area contributed by atoms with E-state index in [9.17, 15) is 26.8 Å². The van der Waals surface area contributed by atoms with Gasteiger partial charge >= 0.3 is 0 Å². The maximum Gasteiger partial charge on any atom is 0.276 e. The Morgan fingerprint density at radius 1 is 1.06 bits per heavy atom. The second-order valence-electron chi connectivity index (χ2n) is 6.41. The summed E-state index contributed by atoms with van der Waals surface area (Å²) in [5.74, 6) is -3.03. The maximum atomic E-state index is 14.2. The number of hydrogen-bond acceptors (Lipinski definition) is 6. The molecular weight excluding hydrogens is 436 g/mol. The molecule has 2 aromatic carbocycles. The predicted octanol–water partition coefficient (Wildman–Crippen LogP) is 0.826. The number of nitrogens with zero attached hydrogens (tertiary/aromatic N) is 1. The molecule has 0 aliphatic carbocycles. The molecule has 0 radical (unpaired) electrons. The summed E-state index contributed by atoms with van der Waals surface area (Å²) in [5, 5.41) is 0. The van der Waals surface area contributed by atoms with Crippen molar-refractivity contribution < 1.29 is 36.3 Å². The van der Waals surface area contributed by atoms with Gasteiger partial charge in [0.05, 0.1) is 13.2 Å². The third-order valence-corrected chi connectivity index (χ3v) is 6.18. The fraction of sp³-hybridized carbons (Fsp3) is 0.263. The number of morpholine rings is 1. The molecular formula is C19H19F2N3O6S. The van der Waals surface area contributed by atoms with Crippen LogP contribution in [-0.4, -0.2) is 57.4 Å². The summed E-state index contributed by atoms with van der Waals surface area (Å²) < 4.78 is 63.9. The number of sulfonamides is 1. The second kappa shape index (κ2) is 9.81. The first-order chi connectivity index (χ1) is 14.8. The Bertz CT molecular complexity index is 1070. The summed E-state index contributed by atoms with van der Waals surface area (Å²) >= 11 is 0. The molecule has 2 aromatic rings. The van der Waals surface area contributed by atoms with Crippen molar-refractivity contribution in [1.82, 2.24) is 15.2 Å². The van der Waals surface area contributed by atoms with E-state index < -0.39 is 45.0 Å². The van der Waals surface area contributed by atoms with Crippen molar-refractivity contribution in [3.63, 3.8) is 0 Å². The number of benzene rings is 2. The van der Waals surface area contributed by atoms with Crippen LogP contribution >= 0.6 is 0 Å². The molecule has 1 fully saturated rings. The number of ether oxygens (including phenoxy) is 2. The van der Waals surface area contributed by atoms with E-state index in [1.807, 2.05) is 0 Å². The number of nitrogens with one attached hydrogen (secondary N) is 2. The summed E-state index contributed by atoms with van der Waals surface area (Å²) in [6.07, 6.45) is 0. The van der Waals surface area contributed by atoms with Gasteiger partial charge in [-0.15, -0.1) is 0 Å². The lowest BCUT2D eigenvalue weighted by molar-refractivity contribution is -0.123. The number of amides is 2. The Balaban J connectivity index is 1.61. The molecule has 0 aromatic heterocycles. The standard InChI is InChI=1S/C19H19F2N3O6S/c20-14-2-1-3-15(11-14)30-12-18(25)22-23-19(26)13-4-5-16(21)17(10-13)31(27,28)24-6-8-29-9-7-24/h1-5,10-11H,6-9,12H2,(H,22,25)(H,23,26). The fourth-order valence-corrected chi connectivity index (χ4v) is 4.21. The summed E-state index contributed by atoms with van der Waals surface area (Å²) in [7, 11) is -4.16. The zero-order valence-corrected chi connectivity index (χ0v) is 17.0. The van der Waals surface area contributed by atoms with E-state index in [0.29, 0.717) is 0 Å². The van der Waals surface area contributed by atoms with Gasteiger partial charge < -0.3 is 9.47 Å². The summed E-state index contributed by atoms with van der Waals surface area (Å²) in [6, 6.07) is 7.98. The van der Waals surface area contributed by atoms with Crippen LogP contribution < -0.4 is 15.6 Å². The molecule has 0 saturated carbocycles. The Morgan fingerprint density at radius 3 is 2.52 bits per heavy atom. The van der Waals surface area contributed by atoms with E-state index in [2.05, 4.69) is 10.9 Å². The third-order valence-electron chi connectivity index (χ3n) is 4.26. The van der Waals surface area contributed by atoms with Gasteiger partial charge in [-0.2, -0.15) is 4.31 Å². The molecule has 0 bridgehead atoms. The predicted molar refractivity (Wildman–Crippen MR) is 103 cm³/mol. The van der Waals surface area contributed by atoms with E-state index >= 15 is 0 Å². The third kappa shape index (κ3) is 5.75. The van der Waals surface area contributed by atoms with Crippen molar-refractivity contribution in [2.24, 2.45) is 0 Å². The Kier molecular flexibility index (Phi) is 7.15. The van der Waals surface area contributed by atoms with Gasteiger partial charge in [0.25, 0.3) is 11.8 Å². The molecule has 2 amide bonds. The van der Waals surface area contributed by atoms with Crippen LogP contribution in [0.3, 0.4) is 0 Å². The minimum Gasteiger partial charge on any atom is -0.484 e. The van der Waals surface area contributed by atoms with Crippen LogP contribution in [0, 0.1) is 11.6 Å². The molecule has 2 N–H and O–H groups in total. The average molecular weight is 455 g/mol. The van der Waals surface area contributed by atoms with Crippen molar-refractivity contribution in [2.75, 3.05) is 32.9 Å². The minimum atomic E-state index is -4.16. The number of carbonyl (C=O) groups excluding carboxylic acids is 2. The zero-order valence-electron chi connectivity index (χ0n) is 16.1. The first-order valence-corrected chi connectivity index (χ1v) is 10.6. The number of carbonyl (C=O) groups is 2. The molecule has 1 aliphatic heterocycles. The van der Waals surface area contributed by atoms with Gasteiger partial charge in [-0.3, -0.25) is 20.4 Å². The minimum absolute atomic E-state index is 0.0690. The van der Waals surface area contributed by atoms with Crippen LogP contribution in [0.1, 0.15) is 10.4 Å². The van der Waals surface area contributed by atoms with E-state index in [0.717, 1.165) is 28.6 Å². The number of hydrazine groups is 1. The molecule has 3 rings (SSSR count). The van der Waals surface area contributed by atoms with Gasteiger partial charge in [0, 0.05) is 24.7 Å². The molecule has 31 heavy (non-hydrogen) atoms. The van der Waals surface area contributed by atoms with Gasteiger partial charge in [-0.1, -0.05) is 6.07 Å². The first kappa shape index (κ1) is 22.6. The van der Waals surface area contributed by atoms with Crippen LogP contribution in [0.4, 0.5) is 8.78 Å². The van der Waals surface area contributed by atoms with Gasteiger partial charge in [0.15, 0.2) is 6.61 Å². The Labute approximate surface area is 177 Å².